The minimum atomic E-state index is -0.503. The zero-order valence-electron chi connectivity index (χ0n) is 27.5. The Bertz CT molecular complexity index is 1940. The van der Waals surface area contributed by atoms with E-state index in [9.17, 15) is 4.39 Å². The number of anilines is 5. The SMILES string of the molecule is COc1cc(N2CCC3CCN(CCF)C3C2)c(-c2cnn(C)c2)cc1Nc1ncc(Br)c(Nc2ccc3nccnc3c2P(C)C)n1. The summed E-state index contributed by atoms with van der Waals surface area (Å²) in [4.78, 5) is 23.3. The number of alkyl halides is 1. The molecule has 250 valence electrons. The lowest BCUT2D eigenvalue weighted by molar-refractivity contribution is 0.194. The highest BCUT2D eigenvalue weighted by Crippen LogP contribution is 2.43. The first kappa shape index (κ1) is 32.6. The second-order valence-electron chi connectivity index (χ2n) is 12.5. The summed E-state index contributed by atoms with van der Waals surface area (Å²) in [6.07, 6.45) is 11.3. The van der Waals surface area contributed by atoms with Crippen LogP contribution in [0.4, 0.5) is 33.2 Å². The Kier molecular flexibility index (Phi) is 9.44. The predicted octanol–water partition coefficient (Wildman–Crippen LogP) is 6.32. The molecule has 14 heteroatoms. The van der Waals surface area contributed by atoms with Gasteiger partial charge in [-0.3, -0.25) is 19.5 Å². The standard InChI is InChI=1S/C34H39BrFN10OP/c1-44-19-22(17-40-44)23-15-27(30(47-2)16-28(23)46-13-8-21-7-12-45(14-9-36)29(21)20-46)42-34-39-18-24(35)33(43-34)41-26-6-5-25-31(32(26)48(3)4)38-11-10-37-25/h5-6,10-11,15-19,21,29H,7-9,12-14,20H2,1-4H3,(H2,39,41,42,43). The van der Waals surface area contributed by atoms with Crippen molar-refractivity contribution in [2.45, 2.75) is 18.9 Å². The van der Waals surface area contributed by atoms with Gasteiger partial charge in [-0.2, -0.15) is 10.1 Å². The third-order valence-electron chi connectivity index (χ3n) is 9.33. The second kappa shape index (κ2) is 13.9. The van der Waals surface area contributed by atoms with E-state index in [-0.39, 0.29) is 6.67 Å². The van der Waals surface area contributed by atoms with Gasteiger partial charge >= 0.3 is 0 Å². The van der Waals surface area contributed by atoms with Crippen LogP contribution >= 0.6 is 23.9 Å². The molecule has 2 aliphatic heterocycles. The number of hydrogen-bond donors (Lipinski definition) is 2. The number of nitrogens with one attached hydrogen (secondary N) is 2. The molecule has 2 atom stereocenters. The van der Waals surface area contributed by atoms with E-state index in [2.05, 4.69) is 81.9 Å². The molecule has 5 heterocycles. The minimum absolute atomic E-state index is 0.315. The van der Waals surface area contributed by atoms with Gasteiger partial charge in [0.15, 0.2) is 0 Å². The fourth-order valence-corrected chi connectivity index (χ4v) is 8.56. The number of aryl methyl sites for hydroxylation is 1. The van der Waals surface area contributed by atoms with Crippen LogP contribution in [0.5, 0.6) is 5.75 Å². The summed E-state index contributed by atoms with van der Waals surface area (Å²) in [5, 5.41) is 12.6. The number of rotatable bonds is 10. The number of nitrogens with zero attached hydrogens (tertiary/aromatic N) is 8. The fraction of sp³-hybridized carbons (Fsp3) is 0.382. The largest absolute Gasteiger partial charge is 0.494 e. The average Bonchev–Trinajstić information content (AvgIpc) is 3.71. The number of benzene rings is 2. The van der Waals surface area contributed by atoms with E-state index >= 15 is 0 Å². The van der Waals surface area contributed by atoms with Crippen LogP contribution in [0.25, 0.3) is 22.2 Å². The quantitative estimate of drug-likeness (QED) is 0.159. The van der Waals surface area contributed by atoms with E-state index in [1.165, 1.54) is 0 Å². The van der Waals surface area contributed by atoms with Crippen molar-refractivity contribution in [2.24, 2.45) is 13.0 Å². The van der Waals surface area contributed by atoms with Crippen molar-refractivity contribution in [3.05, 3.63) is 59.7 Å². The molecule has 11 nitrogen and oxygen atoms in total. The summed E-state index contributed by atoms with van der Waals surface area (Å²) < 4.78 is 21.9. The number of fused-ring (bicyclic) bond motifs is 2. The first-order valence-electron chi connectivity index (χ1n) is 16.1. The van der Waals surface area contributed by atoms with Gasteiger partial charge in [-0.15, -0.1) is 0 Å². The molecular formula is C34H39BrFN10OP. The van der Waals surface area contributed by atoms with Crippen molar-refractivity contribution in [2.75, 3.05) is 68.8 Å². The van der Waals surface area contributed by atoms with Gasteiger partial charge in [0, 0.05) is 91.4 Å². The highest BCUT2D eigenvalue weighted by atomic mass is 79.9. The Morgan fingerprint density at radius 2 is 1.88 bits per heavy atom. The van der Waals surface area contributed by atoms with Crippen molar-refractivity contribution in [1.82, 2.24) is 34.6 Å². The Morgan fingerprint density at radius 3 is 2.65 bits per heavy atom. The summed E-state index contributed by atoms with van der Waals surface area (Å²) in [5.74, 6) is 2.31. The molecule has 3 aromatic heterocycles. The minimum Gasteiger partial charge on any atom is -0.494 e. The Morgan fingerprint density at radius 1 is 1.04 bits per heavy atom. The van der Waals surface area contributed by atoms with Gasteiger partial charge in [0.05, 0.1) is 34.5 Å². The Balaban J connectivity index is 1.22. The van der Waals surface area contributed by atoms with Crippen LogP contribution in [-0.4, -0.2) is 94.0 Å². The third kappa shape index (κ3) is 6.43. The van der Waals surface area contributed by atoms with E-state index in [0.29, 0.717) is 36.0 Å². The summed E-state index contributed by atoms with van der Waals surface area (Å²) >= 11 is 3.64. The molecule has 2 aliphatic rings. The van der Waals surface area contributed by atoms with Gasteiger partial charge in [0.25, 0.3) is 0 Å². The second-order valence-corrected chi connectivity index (χ2v) is 15.6. The Labute approximate surface area is 289 Å². The van der Waals surface area contributed by atoms with Gasteiger partial charge in [0.1, 0.15) is 18.2 Å². The van der Waals surface area contributed by atoms with Crippen LogP contribution in [-0.2, 0) is 7.05 Å². The molecule has 0 radical (unpaired) electrons. The van der Waals surface area contributed by atoms with Crippen molar-refractivity contribution < 1.29 is 9.13 Å². The first-order chi connectivity index (χ1) is 23.3. The van der Waals surface area contributed by atoms with Gasteiger partial charge < -0.3 is 20.3 Å². The highest BCUT2D eigenvalue weighted by molar-refractivity contribution is 9.10. The van der Waals surface area contributed by atoms with Gasteiger partial charge in [0.2, 0.25) is 5.95 Å². The zero-order valence-corrected chi connectivity index (χ0v) is 30.0. The maximum absolute atomic E-state index is 13.4. The van der Waals surface area contributed by atoms with Crippen molar-refractivity contribution in [3.8, 4) is 16.9 Å². The molecule has 0 bridgehead atoms. The molecule has 5 aromatic rings. The molecule has 0 saturated carbocycles. The van der Waals surface area contributed by atoms with Crippen LogP contribution in [0, 0.1) is 5.92 Å². The fourth-order valence-electron chi connectivity index (χ4n) is 7.06. The third-order valence-corrected chi connectivity index (χ3v) is 11.3. The highest BCUT2D eigenvalue weighted by Gasteiger charge is 2.38. The molecule has 2 saturated heterocycles. The molecule has 0 spiro atoms. The monoisotopic (exact) mass is 732 g/mol. The van der Waals surface area contributed by atoms with Crippen LogP contribution in [0.2, 0.25) is 0 Å². The summed E-state index contributed by atoms with van der Waals surface area (Å²) in [6.45, 7) is 7.33. The van der Waals surface area contributed by atoms with E-state index in [4.69, 9.17) is 9.72 Å². The maximum Gasteiger partial charge on any atom is 0.229 e. The molecule has 2 aromatic carbocycles. The van der Waals surface area contributed by atoms with Crippen LogP contribution in [0.3, 0.4) is 0 Å². The smallest absolute Gasteiger partial charge is 0.229 e. The van der Waals surface area contributed by atoms with Crippen LogP contribution < -0.4 is 25.6 Å². The normalized spacial score (nSPS) is 18.0. The number of likely N-dealkylation sites (tertiary alicyclic amines) is 1. The first-order valence-corrected chi connectivity index (χ1v) is 19.1. The van der Waals surface area contributed by atoms with E-state index in [0.717, 1.165) is 81.5 Å². The van der Waals surface area contributed by atoms with Crippen molar-refractivity contribution in [1.29, 1.82) is 0 Å². The molecular weight excluding hydrogens is 694 g/mol. The van der Waals surface area contributed by atoms with Gasteiger partial charge in [-0.1, -0.05) is 7.92 Å². The van der Waals surface area contributed by atoms with Crippen molar-refractivity contribution >= 4 is 69.0 Å². The molecule has 7 rings (SSSR count). The average molecular weight is 734 g/mol. The molecule has 0 aliphatic carbocycles. The molecule has 2 unspecified atom stereocenters. The number of hydrogen-bond acceptors (Lipinski definition) is 10. The zero-order chi connectivity index (χ0) is 33.4. The number of ether oxygens (including phenoxy) is 1. The lowest BCUT2D eigenvalue weighted by atomic mass is 9.91. The molecule has 48 heavy (non-hydrogen) atoms. The van der Waals surface area contributed by atoms with Crippen LogP contribution in [0.15, 0.2) is 59.7 Å². The van der Waals surface area contributed by atoms with E-state index < -0.39 is 7.92 Å². The molecule has 2 fully saturated rings. The van der Waals surface area contributed by atoms with Crippen molar-refractivity contribution in [3.63, 3.8) is 0 Å². The lowest BCUT2D eigenvalue weighted by Crippen LogP contribution is -2.48. The summed E-state index contributed by atoms with van der Waals surface area (Å²) in [5.41, 5.74) is 6.50. The maximum atomic E-state index is 13.4. The lowest BCUT2D eigenvalue weighted by Gasteiger charge is -2.40. The van der Waals surface area contributed by atoms with Crippen LogP contribution in [0.1, 0.15) is 12.8 Å². The summed E-state index contributed by atoms with van der Waals surface area (Å²) in [7, 11) is 3.09. The number of methoxy groups -OCH3 is 1. The van der Waals surface area contributed by atoms with E-state index in [1.807, 2.05) is 36.3 Å². The topological polar surface area (TPSA) is 109 Å². The van der Waals surface area contributed by atoms with Gasteiger partial charge in [-0.25, -0.2) is 9.37 Å². The Hall–Kier alpha value is -3.93. The van der Waals surface area contributed by atoms with E-state index in [1.54, 1.807) is 25.7 Å². The summed E-state index contributed by atoms with van der Waals surface area (Å²) in [6, 6.07) is 8.52. The predicted molar refractivity (Wildman–Crippen MR) is 196 cm³/mol. The molecule has 2 N–H and O–H groups in total. The molecule has 0 amide bonds. The number of halogens is 2. The number of piperidine rings is 1. The van der Waals surface area contributed by atoms with Gasteiger partial charge in [-0.05, 0) is 72.8 Å². The number of aromatic nitrogens is 6.